The van der Waals surface area contributed by atoms with Gasteiger partial charge in [0, 0.05) is 18.5 Å². The van der Waals surface area contributed by atoms with Crippen LogP contribution in [0.5, 0.6) is 0 Å². The summed E-state index contributed by atoms with van der Waals surface area (Å²) in [6.07, 6.45) is 3.45. The summed E-state index contributed by atoms with van der Waals surface area (Å²) in [6, 6.07) is 17.0. The maximum Gasteiger partial charge on any atom is 0.192 e. The predicted molar refractivity (Wildman–Crippen MR) is 173 cm³/mol. The van der Waals surface area contributed by atoms with Gasteiger partial charge in [0.15, 0.2) is 8.32 Å². The minimum atomic E-state index is -1.46. The highest BCUT2D eigenvalue weighted by atomic mass is 79.9. The van der Waals surface area contributed by atoms with E-state index in [1.54, 1.807) is 0 Å². The molecule has 0 fully saturated rings. The SMILES string of the molecule is CC(C)(C)[Si](C)(C)OCCBr.CCC(C)c1ccc(CO)cc1.CCCOCc1ccc(C(C)CC)cc1. The smallest absolute Gasteiger partial charge is 0.192 e. The minimum absolute atomic E-state index is 0.140. The van der Waals surface area contributed by atoms with E-state index in [4.69, 9.17) is 14.3 Å². The van der Waals surface area contributed by atoms with Crippen LogP contribution in [0.4, 0.5) is 0 Å². The van der Waals surface area contributed by atoms with Crippen molar-refractivity contribution in [1.29, 1.82) is 0 Å². The van der Waals surface area contributed by atoms with Crippen LogP contribution in [-0.2, 0) is 22.4 Å². The molecule has 0 saturated heterocycles. The fraction of sp³-hybridized carbons (Fsp3) is 0.636. The van der Waals surface area contributed by atoms with Gasteiger partial charge in [0.25, 0.3) is 0 Å². The van der Waals surface area contributed by atoms with Crippen LogP contribution in [0, 0.1) is 0 Å². The van der Waals surface area contributed by atoms with Gasteiger partial charge in [0.1, 0.15) is 0 Å². The number of aliphatic hydroxyl groups excluding tert-OH is 1. The zero-order valence-corrected chi connectivity index (χ0v) is 28.7. The summed E-state index contributed by atoms with van der Waals surface area (Å²) in [7, 11) is -1.46. The lowest BCUT2D eigenvalue weighted by Gasteiger charge is -2.35. The molecule has 2 aromatic rings. The topological polar surface area (TPSA) is 38.7 Å². The van der Waals surface area contributed by atoms with Gasteiger partial charge in [0.2, 0.25) is 0 Å². The van der Waals surface area contributed by atoms with E-state index in [0.29, 0.717) is 16.9 Å². The third-order valence-corrected chi connectivity index (χ3v) is 12.3. The normalized spacial score (nSPS) is 13.1. The average molecular weight is 610 g/mol. The van der Waals surface area contributed by atoms with E-state index in [9.17, 15) is 0 Å². The maximum atomic E-state index is 8.82. The third-order valence-electron chi connectivity index (χ3n) is 7.47. The molecule has 0 heterocycles. The Bertz CT molecular complexity index is 829. The van der Waals surface area contributed by atoms with Crippen molar-refractivity contribution in [2.45, 2.75) is 118 Å². The highest BCUT2D eigenvalue weighted by Gasteiger charge is 2.36. The van der Waals surface area contributed by atoms with Gasteiger partial charge in [-0.3, -0.25) is 0 Å². The lowest BCUT2D eigenvalue weighted by atomic mass is 9.98. The molecule has 0 bridgehead atoms. The predicted octanol–water partition coefficient (Wildman–Crippen LogP) is 10.2. The van der Waals surface area contributed by atoms with Crippen LogP contribution >= 0.6 is 15.9 Å². The van der Waals surface area contributed by atoms with Crippen LogP contribution in [0.3, 0.4) is 0 Å². The molecule has 2 aromatic carbocycles. The zero-order chi connectivity index (χ0) is 29.2. The van der Waals surface area contributed by atoms with Crippen LogP contribution < -0.4 is 0 Å². The molecule has 0 amide bonds. The highest BCUT2D eigenvalue weighted by Crippen LogP contribution is 2.36. The van der Waals surface area contributed by atoms with Crippen LogP contribution in [0.2, 0.25) is 18.1 Å². The first kappa shape index (κ1) is 37.0. The highest BCUT2D eigenvalue weighted by molar-refractivity contribution is 9.09. The summed E-state index contributed by atoms with van der Waals surface area (Å²) >= 11 is 3.37. The Morgan fingerprint density at radius 2 is 1.24 bits per heavy atom. The van der Waals surface area contributed by atoms with E-state index < -0.39 is 8.32 Å². The summed E-state index contributed by atoms with van der Waals surface area (Å²) in [6.45, 7) is 24.9. The van der Waals surface area contributed by atoms with Crippen LogP contribution in [0.1, 0.15) is 109 Å². The summed E-state index contributed by atoms with van der Waals surface area (Å²) in [5.41, 5.74) is 5.05. The number of aliphatic hydroxyl groups is 1. The molecular formula is C33H57BrO3Si. The Kier molecular flexibility index (Phi) is 19.5. The number of ether oxygens (including phenoxy) is 1. The Hall–Kier alpha value is -0.983. The molecule has 0 aromatic heterocycles. The van der Waals surface area contributed by atoms with Crippen molar-refractivity contribution in [2.75, 3.05) is 18.5 Å². The molecule has 1 N–H and O–H groups in total. The fourth-order valence-electron chi connectivity index (χ4n) is 3.21. The van der Waals surface area contributed by atoms with E-state index in [-0.39, 0.29) is 6.61 Å². The Morgan fingerprint density at radius 1 is 0.789 bits per heavy atom. The van der Waals surface area contributed by atoms with Gasteiger partial charge in [-0.05, 0) is 71.5 Å². The molecule has 3 nitrogen and oxygen atoms in total. The largest absolute Gasteiger partial charge is 0.416 e. The van der Waals surface area contributed by atoms with Crippen molar-refractivity contribution in [2.24, 2.45) is 0 Å². The summed E-state index contributed by atoms with van der Waals surface area (Å²) in [4.78, 5) is 0. The second kappa shape index (κ2) is 20.0. The van der Waals surface area contributed by atoms with Gasteiger partial charge in [-0.15, -0.1) is 0 Å². The van der Waals surface area contributed by atoms with Crippen molar-refractivity contribution in [3.8, 4) is 0 Å². The second-order valence-corrected chi connectivity index (χ2v) is 17.2. The average Bonchev–Trinajstić information content (AvgIpc) is 2.91. The maximum absolute atomic E-state index is 8.82. The molecule has 38 heavy (non-hydrogen) atoms. The first-order valence-electron chi connectivity index (χ1n) is 14.4. The molecule has 0 aliphatic heterocycles. The molecule has 0 aliphatic rings. The molecule has 0 spiro atoms. The van der Waals surface area contributed by atoms with E-state index in [1.807, 2.05) is 12.1 Å². The molecule has 5 heteroatoms. The molecule has 2 unspecified atom stereocenters. The third kappa shape index (κ3) is 15.0. The lowest BCUT2D eigenvalue weighted by molar-refractivity contribution is 0.121. The van der Waals surface area contributed by atoms with Crippen LogP contribution in [0.15, 0.2) is 48.5 Å². The van der Waals surface area contributed by atoms with Gasteiger partial charge in [-0.1, -0.05) is 120 Å². The van der Waals surface area contributed by atoms with E-state index in [2.05, 4.69) is 121 Å². The van der Waals surface area contributed by atoms with E-state index >= 15 is 0 Å². The van der Waals surface area contributed by atoms with Crippen molar-refractivity contribution in [1.82, 2.24) is 0 Å². The summed E-state index contributed by atoms with van der Waals surface area (Å²) in [5, 5.41) is 10.1. The van der Waals surface area contributed by atoms with Crippen molar-refractivity contribution >= 4 is 24.2 Å². The molecule has 0 saturated carbocycles. The zero-order valence-electron chi connectivity index (χ0n) is 26.1. The Labute approximate surface area is 245 Å². The van der Waals surface area contributed by atoms with Crippen molar-refractivity contribution in [3.63, 3.8) is 0 Å². The molecular weight excluding hydrogens is 552 g/mol. The van der Waals surface area contributed by atoms with Gasteiger partial charge >= 0.3 is 0 Å². The number of hydrogen-bond acceptors (Lipinski definition) is 3. The molecule has 0 radical (unpaired) electrons. The van der Waals surface area contributed by atoms with E-state index in [0.717, 1.165) is 37.1 Å². The van der Waals surface area contributed by atoms with Crippen LogP contribution in [0.25, 0.3) is 0 Å². The Balaban J connectivity index is 0.000000549. The van der Waals surface area contributed by atoms with Gasteiger partial charge < -0.3 is 14.3 Å². The number of benzene rings is 2. The summed E-state index contributed by atoms with van der Waals surface area (Å²) in [5.74, 6) is 1.29. The lowest BCUT2D eigenvalue weighted by Crippen LogP contribution is -2.41. The molecule has 2 rings (SSSR count). The molecule has 218 valence electrons. The minimum Gasteiger partial charge on any atom is -0.416 e. The molecule has 0 aliphatic carbocycles. The number of halogens is 1. The van der Waals surface area contributed by atoms with Gasteiger partial charge in [-0.25, -0.2) is 0 Å². The first-order valence-corrected chi connectivity index (χ1v) is 18.5. The monoisotopic (exact) mass is 608 g/mol. The number of rotatable bonds is 12. The standard InChI is InChI=1S/C14H22O.C11H16O.C8H19BrOSi/c1-4-10-15-11-13-6-8-14(9-7-13)12(3)5-2;1-3-9(2)11-6-4-10(8-12)5-7-11;1-8(2,3)11(4,5)10-7-6-9/h6-9,12H,4-5,10-11H2,1-3H3;4-7,9,12H,3,8H2,1-2H3;6-7H2,1-5H3. The van der Waals surface area contributed by atoms with Crippen molar-refractivity contribution < 1.29 is 14.3 Å². The quantitative estimate of drug-likeness (QED) is 0.148. The van der Waals surface area contributed by atoms with E-state index in [1.165, 1.54) is 29.5 Å². The van der Waals surface area contributed by atoms with Gasteiger partial charge in [-0.2, -0.15) is 0 Å². The first-order chi connectivity index (χ1) is 17.9. The number of alkyl halides is 1. The Morgan fingerprint density at radius 3 is 1.58 bits per heavy atom. The van der Waals surface area contributed by atoms with Crippen molar-refractivity contribution in [3.05, 3.63) is 70.8 Å². The molecule has 2 atom stereocenters. The fourth-order valence-corrected chi connectivity index (χ4v) is 4.72. The second-order valence-electron chi connectivity index (χ2n) is 11.6. The number of hydrogen-bond donors (Lipinski definition) is 1. The van der Waals surface area contributed by atoms with Gasteiger partial charge in [0.05, 0.1) is 13.2 Å². The summed E-state index contributed by atoms with van der Waals surface area (Å²) < 4.78 is 11.3. The van der Waals surface area contributed by atoms with Crippen LogP contribution in [-0.4, -0.2) is 32.0 Å².